The largest absolute Gasteiger partial charge is 0.497 e. The molecule has 2 aromatic rings. The standard InChI is InChI=1S/C24H29ClN2O4/c1-30-21-10-8-20(9-11-21)27-17-22(31-23(27)28)3-2-14-26-15-12-24(29,13-16-26)18-4-6-19(25)7-5-18/h4-11,22,29H,2-3,12-17H2,1H3. The molecule has 166 valence electrons. The summed E-state index contributed by atoms with van der Waals surface area (Å²) in [4.78, 5) is 16.3. The zero-order valence-corrected chi connectivity index (χ0v) is 18.6. The third kappa shape index (κ3) is 5.14. The van der Waals surface area contributed by atoms with Crippen molar-refractivity contribution in [3.8, 4) is 5.75 Å². The number of nitrogens with zero attached hydrogens (tertiary/aromatic N) is 2. The predicted molar refractivity (Wildman–Crippen MR) is 121 cm³/mol. The minimum absolute atomic E-state index is 0.0922. The molecule has 1 amide bonds. The fourth-order valence-corrected chi connectivity index (χ4v) is 4.51. The molecular weight excluding hydrogens is 416 g/mol. The van der Waals surface area contributed by atoms with Gasteiger partial charge in [0.25, 0.3) is 0 Å². The van der Waals surface area contributed by atoms with Gasteiger partial charge in [-0.15, -0.1) is 0 Å². The number of likely N-dealkylation sites (tertiary alicyclic amines) is 1. The van der Waals surface area contributed by atoms with E-state index < -0.39 is 5.60 Å². The van der Waals surface area contributed by atoms with Crippen LogP contribution in [0, 0.1) is 0 Å². The zero-order valence-electron chi connectivity index (χ0n) is 17.8. The lowest BCUT2D eigenvalue weighted by Crippen LogP contribution is -2.43. The Morgan fingerprint density at radius 2 is 1.81 bits per heavy atom. The minimum Gasteiger partial charge on any atom is -0.497 e. The van der Waals surface area contributed by atoms with Crippen molar-refractivity contribution in [3.63, 3.8) is 0 Å². The molecule has 0 spiro atoms. The van der Waals surface area contributed by atoms with E-state index in [-0.39, 0.29) is 12.2 Å². The van der Waals surface area contributed by atoms with Crippen molar-refractivity contribution in [3.05, 3.63) is 59.1 Å². The number of amides is 1. The minimum atomic E-state index is -0.777. The van der Waals surface area contributed by atoms with Gasteiger partial charge in [0.15, 0.2) is 0 Å². The van der Waals surface area contributed by atoms with E-state index in [1.165, 1.54) is 0 Å². The highest BCUT2D eigenvalue weighted by Crippen LogP contribution is 2.33. The van der Waals surface area contributed by atoms with Crippen LogP contribution in [0.25, 0.3) is 0 Å². The van der Waals surface area contributed by atoms with Crippen LogP contribution in [-0.4, -0.2) is 55.5 Å². The maximum atomic E-state index is 12.3. The molecule has 6 nitrogen and oxygen atoms in total. The highest BCUT2D eigenvalue weighted by molar-refractivity contribution is 6.30. The number of carbonyl (C=O) groups is 1. The average Bonchev–Trinajstić information content (AvgIpc) is 3.16. The second-order valence-corrected chi connectivity index (χ2v) is 8.77. The van der Waals surface area contributed by atoms with Crippen molar-refractivity contribution in [2.24, 2.45) is 0 Å². The van der Waals surface area contributed by atoms with E-state index in [9.17, 15) is 9.90 Å². The van der Waals surface area contributed by atoms with Gasteiger partial charge in [0.1, 0.15) is 11.9 Å². The van der Waals surface area contributed by atoms with Crippen LogP contribution in [0.15, 0.2) is 48.5 Å². The van der Waals surface area contributed by atoms with Crippen LogP contribution in [0.4, 0.5) is 10.5 Å². The lowest BCUT2D eigenvalue weighted by Gasteiger charge is -2.38. The zero-order chi connectivity index (χ0) is 21.8. The van der Waals surface area contributed by atoms with Gasteiger partial charge in [0.05, 0.1) is 19.3 Å². The van der Waals surface area contributed by atoms with Crippen molar-refractivity contribution >= 4 is 23.4 Å². The third-order valence-electron chi connectivity index (χ3n) is 6.32. The number of anilines is 1. The molecule has 2 aromatic carbocycles. The number of benzene rings is 2. The van der Waals surface area contributed by atoms with E-state index in [1.54, 1.807) is 12.0 Å². The molecule has 2 aliphatic heterocycles. The molecule has 0 aliphatic carbocycles. The average molecular weight is 445 g/mol. The molecule has 1 unspecified atom stereocenters. The summed E-state index contributed by atoms with van der Waals surface area (Å²) in [5, 5.41) is 11.7. The predicted octanol–water partition coefficient (Wildman–Crippen LogP) is 4.44. The number of hydrogen-bond acceptors (Lipinski definition) is 5. The van der Waals surface area contributed by atoms with E-state index in [2.05, 4.69) is 4.90 Å². The van der Waals surface area contributed by atoms with E-state index >= 15 is 0 Å². The van der Waals surface area contributed by atoms with Crippen molar-refractivity contribution in [2.45, 2.75) is 37.4 Å². The van der Waals surface area contributed by atoms with Crippen LogP contribution in [0.1, 0.15) is 31.2 Å². The van der Waals surface area contributed by atoms with E-state index in [4.69, 9.17) is 21.1 Å². The third-order valence-corrected chi connectivity index (χ3v) is 6.58. The van der Waals surface area contributed by atoms with Gasteiger partial charge in [-0.3, -0.25) is 4.90 Å². The van der Waals surface area contributed by atoms with Gasteiger partial charge in [-0.05, 0) is 74.2 Å². The highest BCUT2D eigenvalue weighted by Gasteiger charge is 2.35. The van der Waals surface area contributed by atoms with Gasteiger partial charge in [-0.2, -0.15) is 0 Å². The Hall–Kier alpha value is -2.28. The summed E-state index contributed by atoms with van der Waals surface area (Å²) in [6.45, 7) is 3.21. The second-order valence-electron chi connectivity index (χ2n) is 8.34. The summed E-state index contributed by atoms with van der Waals surface area (Å²) in [5.74, 6) is 0.761. The molecule has 1 atom stereocenters. The van der Waals surface area contributed by atoms with Gasteiger partial charge in [0, 0.05) is 23.8 Å². The fourth-order valence-electron chi connectivity index (χ4n) is 4.38. The lowest BCUT2D eigenvalue weighted by atomic mass is 9.84. The molecule has 0 bridgehead atoms. The van der Waals surface area contributed by atoms with Gasteiger partial charge in [0.2, 0.25) is 0 Å². The Bertz CT molecular complexity index is 879. The first-order valence-corrected chi connectivity index (χ1v) is 11.2. The molecule has 0 radical (unpaired) electrons. The summed E-state index contributed by atoms with van der Waals surface area (Å²) in [5.41, 5.74) is 0.986. The lowest BCUT2D eigenvalue weighted by molar-refractivity contribution is -0.0265. The summed E-state index contributed by atoms with van der Waals surface area (Å²) in [6.07, 6.45) is 2.81. The van der Waals surface area contributed by atoms with Gasteiger partial charge in [-0.1, -0.05) is 23.7 Å². The number of aliphatic hydroxyl groups is 1. The Morgan fingerprint density at radius 3 is 2.45 bits per heavy atom. The molecule has 2 heterocycles. The first-order chi connectivity index (χ1) is 15.0. The number of cyclic esters (lactones) is 1. The van der Waals surface area contributed by atoms with Crippen LogP contribution in [0.2, 0.25) is 5.02 Å². The van der Waals surface area contributed by atoms with Crippen LogP contribution in [0.3, 0.4) is 0 Å². The van der Waals surface area contributed by atoms with Crippen LogP contribution in [-0.2, 0) is 10.3 Å². The van der Waals surface area contributed by atoms with Gasteiger partial charge >= 0.3 is 6.09 Å². The monoisotopic (exact) mass is 444 g/mol. The van der Waals surface area contributed by atoms with E-state index in [1.807, 2.05) is 48.5 Å². The SMILES string of the molecule is COc1ccc(N2CC(CCCN3CCC(O)(c4ccc(Cl)cc4)CC3)OC2=O)cc1. The summed E-state index contributed by atoms with van der Waals surface area (Å²) in [6, 6.07) is 14.9. The number of ether oxygens (including phenoxy) is 2. The molecular formula is C24H29ClN2O4. The summed E-state index contributed by atoms with van der Waals surface area (Å²) >= 11 is 5.97. The van der Waals surface area contributed by atoms with Crippen molar-refractivity contribution in [2.75, 3.05) is 38.2 Å². The first-order valence-electron chi connectivity index (χ1n) is 10.8. The van der Waals surface area contributed by atoms with Crippen LogP contribution < -0.4 is 9.64 Å². The fraction of sp³-hybridized carbons (Fsp3) is 0.458. The second kappa shape index (κ2) is 9.47. The summed E-state index contributed by atoms with van der Waals surface area (Å²) in [7, 11) is 1.62. The van der Waals surface area contributed by atoms with Gasteiger partial charge < -0.3 is 19.5 Å². The normalized spacial score (nSPS) is 21.2. The van der Waals surface area contributed by atoms with Crippen molar-refractivity contribution in [1.82, 2.24) is 4.90 Å². The van der Waals surface area contributed by atoms with Gasteiger partial charge in [-0.25, -0.2) is 4.79 Å². The van der Waals surface area contributed by atoms with Crippen LogP contribution in [0.5, 0.6) is 5.75 Å². The smallest absolute Gasteiger partial charge is 0.414 e. The number of piperidine rings is 1. The topological polar surface area (TPSA) is 62.2 Å². The first kappa shape index (κ1) is 21.9. The Morgan fingerprint density at radius 1 is 1.13 bits per heavy atom. The Kier molecular flexibility index (Phi) is 6.70. The molecule has 2 aliphatic rings. The van der Waals surface area contributed by atoms with E-state index in [0.29, 0.717) is 24.4 Å². The van der Waals surface area contributed by atoms with Crippen LogP contribution >= 0.6 is 11.6 Å². The molecule has 0 saturated carbocycles. The van der Waals surface area contributed by atoms with Crippen molar-refractivity contribution < 1.29 is 19.4 Å². The Labute approximate surface area is 188 Å². The molecule has 2 saturated heterocycles. The van der Waals surface area contributed by atoms with Crippen molar-refractivity contribution in [1.29, 1.82) is 0 Å². The molecule has 0 aromatic heterocycles. The number of methoxy groups -OCH3 is 1. The Balaban J connectivity index is 1.21. The molecule has 2 fully saturated rings. The maximum Gasteiger partial charge on any atom is 0.414 e. The quantitative estimate of drug-likeness (QED) is 0.684. The molecule has 7 heteroatoms. The molecule has 4 rings (SSSR count). The molecule has 1 N–H and O–H groups in total. The number of halogens is 1. The highest BCUT2D eigenvalue weighted by atomic mass is 35.5. The number of hydrogen-bond donors (Lipinski definition) is 1. The summed E-state index contributed by atoms with van der Waals surface area (Å²) < 4.78 is 10.7. The molecule has 31 heavy (non-hydrogen) atoms. The van der Waals surface area contributed by atoms with E-state index in [0.717, 1.165) is 49.5 Å². The maximum absolute atomic E-state index is 12.3. The number of rotatable bonds is 7. The number of carbonyl (C=O) groups excluding carboxylic acids is 1.